The first-order valence-electron chi connectivity index (χ1n) is 11.6. The van der Waals surface area contributed by atoms with Gasteiger partial charge in [0.05, 0.1) is 12.7 Å². The predicted octanol–water partition coefficient (Wildman–Crippen LogP) is 4.91. The van der Waals surface area contributed by atoms with E-state index in [-0.39, 0.29) is 11.9 Å². The Morgan fingerprint density at radius 3 is 2.70 bits per heavy atom. The number of hydrogen-bond donors (Lipinski definition) is 2. The summed E-state index contributed by atoms with van der Waals surface area (Å²) in [5, 5.41) is 12.8. The van der Waals surface area contributed by atoms with Crippen molar-refractivity contribution in [1.82, 2.24) is 5.32 Å². The molecule has 1 amide bonds. The number of thiophene rings is 1. The molecule has 0 aliphatic heterocycles. The van der Waals surface area contributed by atoms with Crippen molar-refractivity contribution >= 4 is 34.4 Å². The fourth-order valence-corrected chi connectivity index (χ4v) is 5.77. The van der Waals surface area contributed by atoms with Gasteiger partial charge in [-0.1, -0.05) is 19.3 Å². The molecular weight excluding hydrogens is 440 g/mol. The molecule has 8 heteroatoms. The Labute approximate surface area is 197 Å². The van der Waals surface area contributed by atoms with Crippen molar-refractivity contribution < 1.29 is 24.2 Å². The lowest BCUT2D eigenvalue weighted by atomic mass is 9.93. The summed E-state index contributed by atoms with van der Waals surface area (Å²) in [5.41, 5.74) is 2.69. The van der Waals surface area contributed by atoms with Gasteiger partial charge in [0, 0.05) is 17.1 Å². The fourth-order valence-electron chi connectivity index (χ4n) is 4.54. The molecule has 2 aliphatic carbocycles. The first-order valence-corrected chi connectivity index (χ1v) is 12.4. The van der Waals surface area contributed by atoms with Crippen molar-refractivity contribution in [3.63, 3.8) is 0 Å². The normalized spacial score (nSPS) is 16.4. The fraction of sp³-hybridized carbons (Fsp3) is 0.480. The highest BCUT2D eigenvalue weighted by molar-refractivity contribution is 7.16. The zero-order valence-electron chi connectivity index (χ0n) is 18.9. The highest BCUT2D eigenvalue weighted by Gasteiger charge is 2.27. The molecule has 7 nitrogen and oxygen atoms in total. The molecule has 0 radical (unpaired) electrons. The number of carbonyl (C=O) groups is 2. The lowest BCUT2D eigenvalue weighted by Gasteiger charge is -2.23. The van der Waals surface area contributed by atoms with Crippen LogP contribution in [0.2, 0.25) is 0 Å². The van der Waals surface area contributed by atoms with Crippen LogP contribution in [-0.4, -0.2) is 43.0 Å². The maximum absolute atomic E-state index is 13.3. The number of fused-ring (bicyclic) bond motifs is 1. The number of benzene rings is 1. The number of aliphatic carboxylic acids is 1. The van der Waals surface area contributed by atoms with Crippen molar-refractivity contribution in [3.8, 4) is 11.5 Å². The van der Waals surface area contributed by atoms with Gasteiger partial charge in [-0.05, 0) is 67.9 Å². The smallest absolute Gasteiger partial charge is 0.341 e. The third-order valence-corrected chi connectivity index (χ3v) is 7.39. The molecule has 2 aromatic rings. The summed E-state index contributed by atoms with van der Waals surface area (Å²) in [7, 11) is 1.50. The number of aliphatic imine (C=N–C) groups is 1. The Morgan fingerprint density at radius 2 is 1.94 bits per heavy atom. The van der Waals surface area contributed by atoms with Gasteiger partial charge >= 0.3 is 5.97 Å². The minimum absolute atomic E-state index is 0.00319. The number of carbonyl (C=O) groups excluding carboxylic acids is 1. The summed E-state index contributed by atoms with van der Waals surface area (Å²) in [6.07, 6.45) is 11.6. The van der Waals surface area contributed by atoms with Crippen molar-refractivity contribution in [3.05, 3.63) is 39.8 Å². The van der Waals surface area contributed by atoms with Crippen LogP contribution in [0.3, 0.4) is 0 Å². The predicted molar refractivity (Wildman–Crippen MR) is 129 cm³/mol. The number of nitrogens with one attached hydrogen (secondary N) is 1. The first-order chi connectivity index (χ1) is 16.0. The Morgan fingerprint density at radius 1 is 1.15 bits per heavy atom. The van der Waals surface area contributed by atoms with Gasteiger partial charge in [0.1, 0.15) is 5.00 Å². The minimum Gasteiger partial charge on any atom is -0.493 e. The van der Waals surface area contributed by atoms with Gasteiger partial charge in [0.25, 0.3) is 5.91 Å². The van der Waals surface area contributed by atoms with Crippen LogP contribution in [-0.2, 0) is 17.6 Å². The maximum Gasteiger partial charge on any atom is 0.341 e. The summed E-state index contributed by atoms with van der Waals surface area (Å²) in [5.74, 6) is -0.260. The lowest BCUT2D eigenvalue weighted by Crippen LogP contribution is -2.36. The molecule has 1 aromatic heterocycles. The molecule has 2 N–H and O–H groups in total. The topological polar surface area (TPSA) is 97.2 Å². The summed E-state index contributed by atoms with van der Waals surface area (Å²) in [4.78, 5) is 30.1. The molecular formula is C25H30N2O5S. The van der Waals surface area contributed by atoms with Gasteiger partial charge in [0.2, 0.25) is 0 Å². The molecule has 0 saturated heterocycles. The van der Waals surface area contributed by atoms with E-state index < -0.39 is 12.6 Å². The largest absolute Gasteiger partial charge is 0.493 e. The number of amides is 1. The second-order valence-corrected chi connectivity index (χ2v) is 9.63. The number of ether oxygens (including phenoxy) is 2. The van der Waals surface area contributed by atoms with E-state index in [1.54, 1.807) is 35.8 Å². The molecule has 1 heterocycles. The summed E-state index contributed by atoms with van der Waals surface area (Å²) >= 11 is 1.62. The second kappa shape index (κ2) is 10.8. The molecule has 0 bridgehead atoms. The average molecular weight is 471 g/mol. The summed E-state index contributed by atoms with van der Waals surface area (Å²) < 4.78 is 10.6. The average Bonchev–Trinajstić information content (AvgIpc) is 3.20. The zero-order valence-corrected chi connectivity index (χ0v) is 19.7. The number of rotatable bonds is 8. The van der Waals surface area contributed by atoms with Crippen LogP contribution >= 0.6 is 11.3 Å². The molecule has 1 saturated carbocycles. The van der Waals surface area contributed by atoms with Crippen LogP contribution < -0.4 is 14.8 Å². The van der Waals surface area contributed by atoms with Gasteiger partial charge in [-0.2, -0.15) is 0 Å². The first kappa shape index (κ1) is 23.3. The number of carboxylic acids is 1. The molecule has 0 unspecified atom stereocenters. The van der Waals surface area contributed by atoms with Crippen LogP contribution in [0.1, 0.15) is 71.3 Å². The lowest BCUT2D eigenvalue weighted by molar-refractivity contribution is -0.139. The van der Waals surface area contributed by atoms with Gasteiger partial charge in [0.15, 0.2) is 18.1 Å². The molecule has 4 rings (SSSR count). The van der Waals surface area contributed by atoms with Gasteiger partial charge in [-0.15, -0.1) is 11.3 Å². The summed E-state index contributed by atoms with van der Waals surface area (Å²) in [6.45, 7) is -0.440. The molecule has 33 heavy (non-hydrogen) atoms. The van der Waals surface area contributed by atoms with Gasteiger partial charge in [-0.25, -0.2) is 9.79 Å². The highest BCUT2D eigenvalue weighted by Crippen LogP contribution is 2.40. The van der Waals surface area contributed by atoms with Crippen LogP contribution in [0, 0.1) is 0 Å². The Hall–Kier alpha value is -2.87. The van der Waals surface area contributed by atoms with Crippen molar-refractivity contribution in [1.29, 1.82) is 0 Å². The van der Waals surface area contributed by atoms with E-state index in [0.29, 0.717) is 11.5 Å². The van der Waals surface area contributed by atoms with Crippen LogP contribution in [0.5, 0.6) is 11.5 Å². The third-order valence-electron chi connectivity index (χ3n) is 6.19. The summed E-state index contributed by atoms with van der Waals surface area (Å²) in [6, 6.07) is 5.46. The Kier molecular flexibility index (Phi) is 7.65. The quantitative estimate of drug-likeness (QED) is 0.534. The number of methoxy groups -OCH3 is 1. The minimum atomic E-state index is -1.05. The van der Waals surface area contributed by atoms with Crippen molar-refractivity contribution in [2.45, 2.75) is 63.8 Å². The molecule has 2 aliphatic rings. The molecule has 176 valence electrons. The molecule has 1 aromatic carbocycles. The number of hydrogen-bond acceptors (Lipinski definition) is 6. The highest BCUT2D eigenvalue weighted by atomic mass is 32.1. The van der Waals surface area contributed by atoms with Gasteiger partial charge in [-0.3, -0.25) is 4.79 Å². The van der Waals surface area contributed by atoms with E-state index in [0.717, 1.165) is 54.7 Å². The van der Waals surface area contributed by atoms with E-state index in [4.69, 9.17) is 19.6 Å². The zero-order chi connectivity index (χ0) is 23.2. The Bertz CT molecular complexity index is 1040. The van der Waals surface area contributed by atoms with E-state index in [1.165, 1.54) is 36.8 Å². The SMILES string of the molecule is COc1cc(C=Nc2sc3c(c2C(=O)NC2CCCCC2)CCCC3)ccc1OCC(=O)O. The molecule has 1 fully saturated rings. The monoisotopic (exact) mass is 470 g/mol. The van der Waals surface area contributed by atoms with Gasteiger partial charge < -0.3 is 19.9 Å². The maximum atomic E-state index is 13.3. The number of nitrogens with zero attached hydrogens (tertiary/aromatic N) is 1. The molecule has 0 atom stereocenters. The van der Waals surface area contributed by atoms with Crippen molar-refractivity contribution in [2.75, 3.05) is 13.7 Å². The number of aryl methyl sites for hydroxylation is 1. The van der Waals surface area contributed by atoms with E-state index in [2.05, 4.69) is 5.32 Å². The van der Waals surface area contributed by atoms with Crippen LogP contribution in [0.15, 0.2) is 23.2 Å². The second-order valence-electron chi connectivity index (χ2n) is 8.55. The molecule has 0 spiro atoms. The van der Waals surface area contributed by atoms with Crippen LogP contribution in [0.25, 0.3) is 0 Å². The third kappa shape index (κ3) is 5.74. The van der Waals surface area contributed by atoms with E-state index in [1.807, 2.05) is 0 Å². The van der Waals surface area contributed by atoms with E-state index in [9.17, 15) is 9.59 Å². The Balaban J connectivity index is 1.57. The van der Waals surface area contributed by atoms with E-state index >= 15 is 0 Å². The standard InChI is InChI=1S/C25H30N2O5S/c1-31-20-13-16(11-12-19(20)32-15-22(28)29)14-26-25-23(18-9-5-6-10-21(18)33-25)24(30)27-17-7-3-2-4-8-17/h11-14,17H,2-10,15H2,1H3,(H,27,30)(H,28,29). The van der Waals surface area contributed by atoms with Crippen molar-refractivity contribution in [2.24, 2.45) is 4.99 Å². The number of carboxylic acid groups (broad SMARTS) is 1. The van der Waals surface area contributed by atoms with Crippen LogP contribution in [0.4, 0.5) is 5.00 Å².